The van der Waals surface area contributed by atoms with Gasteiger partial charge in [-0.15, -0.1) is 0 Å². The molecule has 0 saturated carbocycles. The van der Waals surface area contributed by atoms with Crippen molar-refractivity contribution in [1.29, 1.82) is 0 Å². The van der Waals surface area contributed by atoms with Crippen LogP contribution in [0.3, 0.4) is 0 Å². The van der Waals surface area contributed by atoms with Gasteiger partial charge in [-0.25, -0.2) is 0 Å². The average molecular weight is 441 g/mol. The molecule has 0 spiro atoms. The fourth-order valence-corrected chi connectivity index (χ4v) is 6.73. The van der Waals surface area contributed by atoms with Crippen LogP contribution in [0.2, 0.25) is 0 Å². The Balaban J connectivity index is 1.92. The molecule has 0 saturated heterocycles. The molecule has 4 rings (SSSR count). The second kappa shape index (κ2) is 8.61. The number of benzene rings is 2. The van der Waals surface area contributed by atoms with Gasteiger partial charge >= 0.3 is 0 Å². The SMILES string of the molecule is CC(C)C1=Cc2c(C(C)C)cccc2C1C(C)(C)C1C(C(C)C)=Cc2c(C(C)C)cccc21. The van der Waals surface area contributed by atoms with Crippen molar-refractivity contribution in [3.63, 3.8) is 0 Å². The molecule has 0 heteroatoms. The zero-order valence-corrected chi connectivity index (χ0v) is 22.6. The zero-order valence-electron chi connectivity index (χ0n) is 22.6. The molecule has 33 heavy (non-hydrogen) atoms. The molecule has 0 aromatic heterocycles. The van der Waals surface area contributed by atoms with Crippen LogP contribution in [0.25, 0.3) is 12.2 Å². The highest BCUT2D eigenvalue weighted by Crippen LogP contribution is 2.61. The minimum Gasteiger partial charge on any atom is -0.0616 e. The van der Waals surface area contributed by atoms with Crippen molar-refractivity contribution in [2.24, 2.45) is 17.3 Å². The van der Waals surface area contributed by atoms with Gasteiger partial charge in [0.25, 0.3) is 0 Å². The summed E-state index contributed by atoms with van der Waals surface area (Å²) < 4.78 is 0. The predicted octanol–water partition coefficient (Wildman–Crippen LogP) is 9.93. The summed E-state index contributed by atoms with van der Waals surface area (Å²) in [6.45, 7) is 23.9. The third-order valence-corrected chi connectivity index (χ3v) is 8.32. The lowest BCUT2D eigenvalue weighted by atomic mass is 9.60. The van der Waals surface area contributed by atoms with E-state index in [-0.39, 0.29) is 5.41 Å². The highest BCUT2D eigenvalue weighted by Gasteiger charge is 2.48. The molecule has 0 radical (unpaired) electrons. The topological polar surface area (TPSA) is 0 Å². The van der Waals surface area contributed by atoms with Gasteiger partial charge in [0.1, 0.15) is 0 Å². The van der Waals surface area contributed by atoms with E-state index in [0.29, 0.717) is 35.5 Å². The largest absolute Gasteiger partial charge is 0.0616 e. The van der Waals surface area contributed by atoms with Crippen molar-refractivity contribution < 1.29 is 0 Å². The summed E-state index contributed by atoms with van der Waals surface area (Å²) in [5.74, 6) is 3.03. The highest BCUT2D eigenvalue weighted by atomic mass is 14.5. The minimum absolute atomic E-state index is 0.0773. The quantitative estimate of drug-likeness (QED) is 0.419. The Morgan fingerprint density at radius 2 is 0.909 bits per heavy atom. The molecule has 0 amide bonds. The van der Waals surface area contributed by atoms with Gasteiger partial charge in [-0.2, -0.15) is 0 Å². The molecule has 176 valence electrons. The predicted molar refractivity (Wildman–Crippen MR) is 146 cm³/mol. The van der Waals surface area contributed by atoms with Gasteiger partial charge in [0.05, 0.1) is 0 Å². The third kappa shape index (κ3) is 3.84. The second-order valence-electron chi connectivity index (χ2n) is 12.3. The number of hydrogen-bond donors (Lipinski definition) is 0. The summed E-state index contributed by atoms with van der Waals surface area (Å²) >= 11 is 0. The number of rotatable bonds is 6. The Morgan fingerprint density at radius 1 is 0.545 bits per heavy atom. The van der Waals surface area contributed by atoms with Crippen molar-refractivity contribution in [2.45, 2.75) is 92.9 Å². The van der Waals surface area contributed by atoms with Crippen molar-refractivity contribution in [2.75, 3.05) is 0 Å². The van der Waals surface area contributed by atoms with Crippen LogP contribution in [-0.4, -0.2) is 0 Å². The van der Waals surface area contributed by atoms with Crippen LogP contribution in [-0.2, 0) is 0 Å². The van der Waals surface area contributed by atoms with Crippen LogP contribution >= 0.6 is 0 Å². The molecule has 2 aliphatic carbocycles. The monoisotopic (exact) mass is 440 g/mol. The normalized spacial score (nSPS) is 20.1. The van der Waals surface area contributed by atoms with Crippen LogP contribution in [0.5, 0.6) is 0 Å². The molecule has 2 aliphatic rings. The molecule has 0 N–H and O–H groups in total. The third-order valence-electron chi connectivity index (χ3n) is 8.32. The van der Waals surface area contributed by atoms with Gasteiger partial charge in [0.15, 0.2) is 0 Å². The molecule has 0 aliphatic heterocycles. The van der Waals surface area contributed by atoms with Gasteiger partial charge in [0.2, 0.25) is 0 Å². The number of fused-ring (bicyclic) bond motifs is 2. The molecule has 2 aromatic rings. The van der Waals surface area contributed by atoms with Crippen LogP contribution in [0, 0.1) is 17.3 Å². The smallest absolute Gasteiger partial charge is 0.0120 e. The van der Waals surface area contributed by atoms with Crippen LogP contribution in [0.4, 0.5) is 0 Å². The van der Waals surface area contributed by atoms with E-state index < -0.39 is 0 Å². The molecule has 0 fully saturated rings. The van der Waals surface area contributed by atoms with Crippen LogP contribution < -0.4 is 0 Å². The minimum atomic E-state index is 0.0773. The average Bonchev–Trinajstić information content (AvgIpc) is 3.33. The first-order chi connectivity index (χ1) is 15.5. The first kappa shape index (κ1) is 24.1. The maximum atomic E-state index is 2.56. The van der Waals surface area contributed by atoms with E-state index in [2.05, 4.69) is 118 Å². The second-order valence-corrected chi connectivity index (χ2v) is 12.3. The lowest BCUT2D eigenvalue weighted by Crippen LogP contribution is -2.32. The summed E-state index contributed by atoms with van der Waals surface area (Å²) in [6.07, 6.45) is 5.11. The first-order valence-electron chi connectivity index (χ1n) is 13.1. The molecular weight excluding hydrogens is 396 g/mol. The van der Waals surface area contributed by atoms with Crippen molar-refractivity contribution in [3.05, 3.63) is 80.9 Å². The van der Waals surface area contributed by atoms with Gasteiger partial charge in [-0.05, 0) is 62.5 Å². The highest BCUT2D eigenvalue weighted by molar-refractivity contribution is 5.74. The maximum Gasteiger partial charge on any atom is 0.0120 e. The first-order valence-corrected chi connectivity index (χ1v) is 13.1. The van der Waals surface area contributed by atoms with Gasteiger partial charge in [0, 0.05) is 11.8 Å². The summed E-state index contributed by atoms with van der Waals surface area (Å²) in [5, 5.41) is 0. The van der Waals surface area contributed by atoms with Crippen molar-refractivity contribution >= 4 is 12.2 Å². The Morgan fingerprint density at radius 3 is 1.21 bits per heavy atom. The molecule has 2 unspecified atom stereocenters. The summed E-state index contributed by atoms with van der Waals surface area (Å²) in [4.78, 5) is 0. The summed E-state index contributed by atoms with van der Waals surface area (Å²) in [5.41, 5.74) is 12.4. The summed E-state index contributed by atoms with van der Waals surface area (Å²) in [7, 11) is 0. The maximum absolute atomic E-state index is 2.56. The fourth-order valence-electron chi connectivity index (χ4n) is 6.73. The molecule has 0 nitrogen and oxygen atoms in total. The standard InChI is InChI=1S/C33H44/c1-19(2)23-13-11-15-25-29(23)17-27(21(5)6)31(25)33(9,10)32-26-16-12-14-24(20(3)4)30(26)18-28(32)22(7)8/h11-22,31-32H,1-10H3. The van der Waals surface area contributed by atoms with Crippen LogP contribution in [0.1, 0.15) is 126 Å². The molecular formula is C33H44. The van der Waals surface area contributed by atoms with Crippen molar-refractivity contribution in [1.82, 2.24) is 0 Å². The zero-order chi connectivity index (χ0) is 24.2. The Hall–Kier alpha value is -2.08. The van der Waals surface area contributed by atoms with E-state index in [4.69, 9.17) is 0 Å². The molecule has 2 atom stereocenters. The number of hydrogen-bond acceptors (Lipinski definition) is 0. The number of allylic oxidation sites excluding steroid dienone is 2. The Bertz CT molecular complexity index is 1010. The van der Waals surface area contributed by atoms with E-state index in [1.165, 1.54) is 22.3 Å². The Kier molecular flexibility index (Phi) is 6.27. The van der Waals surface area contributed by atoms with Gasteiger partial charge in [-0.3, -0.25) is 0 Å². The molecule has 2 aromatic carbocycles. The van der Waals surface area contributed by atoms with Gasteiger partial charge < -0.3 is 0 Å². The van der Waals surface area contributed by atoms with Gasteiger partial charge in [-0.1, -0.05) is 129 Å². The van der Waals surface area contributed by atoms with E-state index in [9.17, 15) is 0 Å². The van der Waals surface area contributed by atoms with Crippen molar-refractivity contribution in [3.8, 4) is 0 Å². The molecule has 0 heterocycles. The summed E-state index contributed by atoms with van der Waals surface area (Å²) in [6, 6.07) is 14.1. The Labute approximate surface area is 203 Å². The van der Waals surface area contributed by atoms with E-state index >= 15 is 0 Å². The van der Waals surface area contributed by atoms with E-state index in [1.54, 1.807) is 22.3 Å². The lowest BCUT2D eigenvalue weighted by molar-refractivity contribution is 0.258. The lowest BCUT2D eigenvalue weighted by Gasteiger charge is -2.43. The van der Waals surface area contributed by atoms with E-state index in [1.807, 2.05) is 0 Å². The van der Waals surface area contributed by atoms with E-state index in [0.717, 1.165) is 0 Å². The van der Waals surface area contributed by atoms with Crippen LogP contribution in [0.15, 0.2) is 47.5 Å². The fraction of sp³-hybridized carbons (Fsp3) is 0.515. The molecule has 0 bridgehead atoms.